The van der Waals surface area contributed by atoms with Crippen LogP contribution in [0.1, 0.15) is 37.6 Å². The van der Waals surface area contributed by atoms with Crippen LogP contribution in [0.4, 0.5) is 11.6 Å². The molecule has 0 saturated heterocycles. The Kier molecular flexibility index (Phi) is 5.69. The van der Waals surface area contributed by atoms with Gasteiger partial charge in [0.2, 0.25) is 5.91 Å². The minimum atomic E-state index is 0.0745. The molecule has 0 unspecified atom stereocenters. The molecule has 0 aliphatic heterocycles. The number of anilines is 2. The molecule has 1 rings (SSSR count). The summed E-state index contributed by atoms with van der Waals surface area (Å²) >= 11 is 0. The number of aromatic nitrogens is 2. The quantitative estimate of drug-likeness (QED) is 0.533. The Morgan fingerprint density at radius 1 is 1.30 bits per heavy atom. The number of nitrogens with zero attached hydrogens (tertiary/aromatic N) is 3. The van der Waals surface area contributed by atoms with Gasteiger partial charge in [-0.05, 0) is 6.92 Å². The standard InChI is InChI=1S/C13H24N6O/c1-8(2)11-16-12(9(3)13(17-11)18-14)15-7-6-10(20)19(4)5/h8H,6-7,14H2,1-5H3,(H2,15,16,17,18). The van der Waals surface area contributed by atoms with Crippen LogP contribution in [0.5, 0.6) is 0 Å². The number of hydrogen-bond acceptors (Lipinski definition) is 6. The lowest BCUT2D eigenvalue weighted by Gasteiger charge is -2.15. The number of hydrazine groups is 1. The van der Waals surface area contributed by atoms with Crippen molar-refractivity contribution in [1.82, 2.24) is 14.9 Å². The lowest BCUT2D eigenvalue weighted by Crippen LogP contribution is -2.24. The van der Waals surface area contributed by atoms with Crippen LogP contribution in [-0.4, -0.2) is 41.4 Å². The van der Waals surface area contributed by atoms with Crippen molar-refractivity contribution in [3.8, 4) is 0 Å². The van der Waals surface area contributed by atoms with E-state index in [1.165, 1.54) is 0 Å². The molecule has 0 fully saturated rings. The van der Waals surface area contributed by atoms with Crippen LogP contribution in [0.2, 0.25) is 0 Å². The summed E-state index contributed by atoms with van der Waals surface area (Å²) in [6.07, 6.45) is 0.416. The number of amides is 1. The molecule has 20 heavy (non-hydrogen) atoms. The van der Waals surface area contributed by atoms with Crippen molar-refractivity contribution in [2.45, 2.75) is 33.1 Å². The molecular formula is C13H24N6O. The Labute approximate surface area is 119 Å². The molecule has 0 atom stereocenters. The first-order valence-corrected chi connectivity index (χ1v) is 6.66. The van der Waals surface area contributed by atoms with Crippen LogP contribution in [0.25, 0.3) is 0 Å². The van der Waals surface area contributed by atoms with Gasteiger partial charge in [0, 0.05) is 38.5 Å². The van der Waals surface area contributed by atoms with Crippen LogP contribution in [0.3, 0.4) is 0 Å². The largest absolute Gasteiger partial charge is 0.369 e. The van der Waals surface area contributed by atoms with Crippen molar-refractivity contribution in [2.75, 3.05) is 31.4 Å². The van der Waals surface area contributed by atoms with Gasteiger partial charge in [-0.2, -0.15) is 0 Å². The van der Waals surface area contributed by atoms with Crippen LogP contribution >= 0.6 is 0 Å². The van der Waals surface area contributed by atoms with Gasteiger partial charge in [0.15, 0.2) is 0 Å². The average Bonchev–Trinajstić information content (AvgIpc) is 2.39. The SMILES string of the molecule is Cc1c(NN)nc(C(C)C)nc1NCCC(=O)N(C)C. The Morgan fingerprint density at radius 2 is 1.90 bits per heavy atom. The summed E-state index contributed by atoms with van der Waals surface area (Å²) in [6.45, 7) is 6.44. The Bertz CT molecular complexity index is 472. The maximum absolute atomic E-state index is 11.5. The van der Waals surface area contributed by atoms with Gasteiger partial charge in [-0.25, -0.2) is 15.8 Å². The van der Waals surface area contributed by atoms with Crippen molar-refractivity contribution in [1.29, 1.82) is 0 Å². The fourth-order valence-electron chi connectivity index (χ4n) is 1.62. The van der Waals surface area contributed by atoms with Gasteiger partial charge >= 0.3 is 0 Å². The van der Waals surface area contributed by atoms with E-state index < -0.39 is 0 Å². The number of rotatable bonds is 6. The zero-order valence-electron chi connectivity index (χ0n) is 12.8. The Hall–Kier alpha value is -1.89. The molecule has 0 spiro atoms. The van der Waals surface area contributed by atoms with Crippen molar-refractivity contribution in [3.05, 3.63) is 11.4 Å². The van der Waals surface area contributed by atoms with Gasteiger partial charge in [-0.3, -0.25) is 4.79 Å². The molecule has 4 N–H and O–H groups in total. The molecule has 0 aliphatic carbocycles. The first-order chi connectivity index (χ1) is 9.36. The predicted octanol–water partition coefficient (Wildman–Crippen LogP) is 1.08. The summed E-state index contributed by atoms with van der Waals surface area (Å²) in [5.74, 6) is 7.78. The highest BCUT2D eigenvalue weighted by Crippen LogP contribution is 2.22. The number of nitrogens with two attached hydrogens (primary N) is 1. The molecule has 0 aliphatic rings. The zero-order valence-corrected chi connectivity index (χ0v) is 12.8. The zero-order chi connectivity index (χ0) is 15.3. The summed E-state index contributed by atoms with van der Waals surface area (Å²) in [4.78, 5) is 21.9. The summed E-state index contributed by atoms with van der Waals surface area (Å²) < 4.78 is 0. The number of nitrogens with one attached hydrogen (secondary N) is 2. The highest BCUT2D eigenvalue weighted by atomic mass is 16.2. The molecule has 1 amide bonds. The Morgan fingerprint density at radius 3 is 2.40 bits per heavy atom. The highest BCUT2D eigenvalue weighted by Gasteiger charge is 2.12. The number of carbonyl (C=O) groups is 1. The molecule has 0 saturated carbocycles. The Balaban J connectivity index is 2.83. The van der Waals surface area contributed by atoms with Crippen LogP contribution in [-0.2, 0) is 4.79 Å². The van der Waals surface area contributed by atoms with Crippen LogP contribution in [0.15, 0.2) is 0 Å². The molecule has 0 aromatic carbocycles. The second-order valence-corrected chi connectivity index (χ2v) is 5.17. The van der Waals surface area contributed by atoms with E-state index in [2.05, 4.69) is 20.7 Å². The summed E-state index contributed by atoms with van der Waals surface area (Å²) in [6, 6.07) is 0. The second kappa shape index (κ2) is 7.04. The average molecular weight is 280 g/mol. The van der Waals surface area contributed by atoms with Crippen molar-refractivity contribution in [2.24, 2.45) is 5.84 Å². The summed E-state index contributed by atoms with van der Waals surface area (Å²) in [5.41, 5.74) is 3.42. The van der Waals surface area contributed by atoms with Gasteiger partial charge in [-0.15, -0.1) is 0 Å². The maximum atomic E-state index is 11.5. The van der Waals surface area contributed by atoms with Crippen LogP contribution in [0, 0.1) is 6.92 Å². The fourth-order valence-corrected chi connectivity index (χ4v) is 1.62. The van der Waals surface area contributed by atoms with Crippen molar-refractivity contribution < 1.29 is 4.79 Å². The topological polar surface area (TPSA) is 96.2 Å². The summed E-state index contributed by atoms with van der Waals surface area (Å²) in [5, 5.41) is 3.17. The minimum absolute atomic E-state index is 0.0745. The van der Waals surface area contributed by atoms with Crippen molar-refractivity contribution >= 4 is 17.5 Å². The molecule has 0 bridgehead atoms. The first-order valence-electron chi connectivity index (χ1n) is 6.66. The molecule has 1 heterocycles. The lowest BCUT2D eigenvalue weighted by molar-refractivity contribution is -0.128. The van der Waals surface area contributed by atoms with Gasteiger partial charge in [0.1, 0.15) is 17.5 Å². The third-order valence-electron chi connectivity index (χ3n) is 2.95. The van der Waals surface area contributed by atoms with Gasteiger partial charge < -0.3 is 15.6 Å². The molecule has 0 radical (unpaired) electrons. The van der Waals surface area contributed by atoms with E-state index in [9.17, 15) is 4.79 Å². The van der Waals surface area contributed by atoms with E-state index in [0.717, 1.165) is 5.56 Å². The molecular weight excluding hydrogens is 256 g/mol. The maximum Gasteiger partial charge on any atom is 0.223 e. The minimum Gasteiger partial charge on any atom is -0.369 e. The van der Waals surface area contributed by atoms with E-state index in [1.54, 1.807) is 19.0 Å². The van der Waals surface area contributed by atoms with E-state index in [1.807, 2.05) is 20.8 Å². The monoisotopic (exact) mass is 280 g/mol. The molecule has 7 nitrogen and oxygen atoms in total. The third kappa shape index (κ3) is 4.06. The van der Waals surface area contributed by atoms with Gasteiger partial charge in [0.05, 0.1) is 0 Å². The predicted molar refractivity (Wildman–Crippen MR) is 80.5 cm³/mol. The normalized spacial score (nSPS) is 10.6. The van der Waals surface area contributed by atoms with E-state index in [0.29, 0.717) is 30.4 Å². The highest BCUT2D eigenvalue weighted by molar-refractivity contribution is 5.76. The van der Waals surface area contributed by atoms with E-state index in [-0.39, 0.29) is 11.8 Å². The van der Waals surface area contributed by atoms with E-state index in [4.69, 9.17) is 5.84 Å². The number of carbonyl (C=O) groups excluding carboxylic acids is 1. The van der Waals surface area contributed by atoms with Gasteiger partial charge in [-0.1, -0.05) is 13.8 Å². The van der Waals surface area contributed by atoms with Crippen LogP contribution < -0.4 is 16.6 Å². The summed E-state index contributed by atoms with van der Waals surface area (Å²) in [7, 11) is 3.48. The lowest BCUT2D eigenvalue weighted by atomic mass is 10.2. The molecule has 1 aromatic heterocycles. The third-order valence-corrected chi connectivity index (χ3v) is 2.95. The smallest absolute Gasteiger partial charge is 0.223 e. The van der Waals surface area contributed by atoms with Gasteiger partial charge in [0.25, 0.3) is 0 Å². The van der Waals surface area contributed by atoms with E-state index >= 15 is 0 Å². The molecule has 1 aromatic rings. The van der Waals surface area contributed by atoms with Crippen molar-refractivity contribution in [3.63, 3.8) is 0 Å². The number of nitrogen functional groups attached to an aromatic ring is 1. The second-order valence-electron chi connectivity index (χ2n) is 5.17. The molecule has 112 valence electrons. The fraction of sp³-hybridized carbons (Fsp3) is 0.615. The number of hydrogen-bond donors (Lipinski definition) is 3. The molecule has 7 heteroatoms. The first kappa shape index (κ1) is 16.2.